The number of alkyl halides is 1. The Kier molecular flexibility index (Phi) is 3.94. The van der Waals surface area contributed by atoms with Crippen LogP contribution in [0, 0.1) is 6.92 Å². The van der Waals surface area contributed by atoms with Crippen LogP contribution in [0.3, 0.4) is 0 Å². The van der Waals surface area contributed by atoms with Gasteiger partial charge in [-0.05, 0) is 25.5 Å². The molecule has 5 heterocycles. The van der Waals surface area contributed by atoms with Gasteiger partial charge in [0.2, 0.25) is 0 Å². The van der Waals surface area contributed by atoms with Gasteiger partial charge in [-0.3, -0.25) is 9.69 Å². The van der Waals surface area contributed by atoms with E-state index in [1.807, 2.05) is 35.6 Å². The summed E-state index contributed by atoms with van der Waals surface area (Å²) >= 11 is 1.50. The van der Waals surface area contributed by atoms with Crippen molar-refractivity contribution in [2.24, 2.45) is 7.05 Å². The third-order valence-electron chi connectivity index (χ3n) is 5.26. The fourth-order valence-electron chi connectivity index (χ4n) is 3.82. The molecule has 144 valence electrons. The maximum Gasteiger partial charge on any atom is 0.277 e. The molecule has 0 aliphatic carbocycles. The van der Waals surface area contributed by atoms with Gasteiger partial charge in [-0.25, -0.2) is 19.3 Å². The molecule has 1 unspecified atom stereocenters. The van der Waals surface area contributed by atoms with Crippen LogP contribution in [0.15, 0.2) is 24.5 Å². The standard InChI is InChI=1S/C19H19FN6OS/c1-11-21-8-16(28-11)26-10-14-17(19(26)27)24(2)18(23-14)12-3-4-15(22-7-12)25-6-5-13(20)9-25/h3-4,7-8,13H,5-6,9-10H2,1-2H3. The molecule has 0 bridgehead atoms. The molecular weight excluding hydrogens is 379 g/mol. The molecule has 3 aromatic rings. The van der Waals surface area contributed by atoms with Gasteiger partial charge >= 0.3 is 0 Å². The van der Waals surface area contributed by atoms with Crippen LogP contribution in [-0.4, -0.2) is 44.7 Å². The molecule has 7 nitrogen and oxygen atoms in total. The fraction of sp³-hybridized carbons (Fsp3) is 0.368. The zero-order valence-electron chi connectivity index (χ0n) is 15.6. The zero-order chi connectivity index (χ0) is 19.4. The predicted molar refractivity (Wildman–Crippen MR) is 106 cm³/mol. The highest BCUT2D eigenvalue weighted by molar-refractivity contribution is 7.15. The summed E-state index contributed by atoms with van der Waals surface area (Å²) in [6, 6.07) is 3.82. The van der Waals surface area contributed by atoms with Crippen LogP contribution in [0.1, 0.15) is 27.6 Å². The molecule has 0 saturated carbocycles. The average molecular weight is 398 g/mol. The molecule has 0 radical (unpaired) electrons. The Morgan fingerprint density at radius 1 is 1.25 bits per heavy atom. The van der Waals surface area contributed by atoms with Crippen LogP contribution in [0.25, 0.3) is 11.4 Å². The number of rotatable bonds is 3. The number of aryl methyl sites for hydroxylation is 1. The van der Waals surface area contributed by atoms with E-state index in [1.165, 1.54) is 11.3 Å². The number of amides is 1. The van der Waals surface area contributed by atoms with Crippen LogP contribution in [0.4, 0.5) is 15.2 Å². The molecule has 5 rings (SSSR count). The topological polar surface area (TPSA) is 67.2 Å². The largest absolute Gasteiger partial charge is 0.354 e. The SMILES string of the molecule is Cc1ncc(N2Cc3nc(-c4ccc(N5CCC(F)C5)nc4)n(C)c3C2=O)s1. The second-order valence-electron chi connectivity index (χ2n) is 7.14. The predicted octanol–water partition coefficient (Wildman–Crippen LogP) is 2.96. The Hall–Kier alpha value is -2.81. The van der Waals surface area contributed by atoms with E-state index in [2.05, 4.69) is 9.97 Å². The quantitative estimate of drug-likeness (QED) is 0.679. The second-order valence-corrected chi connectivity index (χ2v) is 8.35. The van der Waals surface area contributed by atoms with E-state index in [9.17, 15) is 9.18 Å². The lowest BCUT2D eigenvalue weighted by Crippen LogP contribution is -2.24. The smallest absolute Gasteiger partial charge is 0.277 e. The molecule has 1 fully saturated rings. The molecule has 1 amide bonds. The highest BCUT2D eigenvalue weighted by Gasteiger charge is 2.35. The number of hydrogen-bond acceptors (Lipinski definition) is 6. The number of thiazole rings is 1. The first kappa shape index (κ1) is 17.3. The first-order valence-electron chi connectivity index (χ1n) is 9.16. The first-order valence-corrected chi connectivity index (χ1v) is 9.98. The van der Waals surface area contributed by atoms with Crippen LogP contribution >= 0.6 is 11.3 Å². The summed E-state index contributed by atoms with van der Waals surface area (Å²) in [7, 11) is 1.85. The highest BCUT2D eigenvalue weighted by atomic mass is 32.1. The fourth-order valence-corrected chi connectivity index (χ4v) is 4.60. The summed E-state index contributed by atoms with van der Waals surface area (Å²) in [4.78, 5) is 30.0. The number of carbonyl (C=O) groups is 1. The van der Waals surface area contributed by atoms with Gasteiger partial charge in [-0.15, -0.1) is 11.3 Å². The summed E-state index contributed by atoms with van der Waals surface area (Å²) in [5.74, 6) is 1.42. The zero-order valence-corrected chi connectivity index (χ0v) is 16.4. The Labute approximate surface area is 165 Å². The minimum Gasteiger partial charge on any atom is -0.354 e. The molecule has 1 atom stereocenters. The van der Waals surface area contributed by atoms with Crippen molar-refractivity contribution in [3.63, 3.8) is 0 Å². The van der Waals surface area contributed by atoms with Gasteiger partial charge in [0.25, 0.3) is 5.91 Å². The van der Waals surface area contributed by atoms with Gasteiger partial charge in [0.1, 0.15) is 28.5 Å². The summed E-state index contributed by atoms with van der Waals surface area (Å²) in [5, 5.41) is 1.76. The molecule has 0 spiro atoms. The number of nitrogens with zero attached hydrogens (tertiary/aromatic N) is 6. The van der Waals surface area contributed by atoms with E-state index < -0.39 is 6.17 Å². The van der Waals surface area contributed by atoms with E-state index in [-0.39, 0.29) is 5.91 Å². The van der Waals surface area contributed by atoms with Crippen molar-refractivity contribution in [1.29, 1.82) is 0 Å². The van der Waals surface area contributed by atoms with Crippen molar-refractivity contribution in [1.82, 2.24) is 19.5 Å². The monoisotopic (exact) mass is 398 g/mol. The highest BCUT2D eigenvalue weighted by Crippen LogP contribution is 2.34. The molecule has 3 aromatic heterocycles. The molecule has 0 N–H and O–H groups in total. The third kappa shape index (κ3) is 2.69. The van der Waals surface area contributed by atoms with Crippen LogP contribution in [0.2, 0.25) is 0 Å². The minimum atomic E-state index is -0.782. The average Bonchev–Trinajstić information content (AvgIpc) is 3.43. The van der Waals surface area contributed by atoms with Gasteiger partial charge < -0.3 is 9.47 Å². The van der Waals surface area contributed by atoms with E-state index in [1.54, 1.807) is 17.3 Å². The third-order valence-corrected chi connectivity index (χ3v) is 6.19. The van der Waals surface area contributed by atoms with Crippen molar-refractivity contribution in [3.8, 4) is 11.4 Å². The summed E-state index contributed by atoms with van der Waals surface area (Å²) in [5.41, 5.74) is 2.20. The maximum absolute atomic E-state index is 13.4. The van der Waals surface area contributed by atoms with Gasteiger partial charge in [-0.2, -0.15) is 0 Å². The Morgan fingerprint density at radius 3 is 2.71 bits per heavy atom. The van der Waals surface area contributed by atoms with Crippen molar-refractivity contribution < 1.29 is 9.18 Å². The van der Waals surface area contributed by atoms with Crippen LogP contribution in [-0.2, 0) is 13.6 Å². The first-order chi connectivity index (χ1) is 13.5. The number of hydrogen-bond donors (Lipinski definition) is 0. The Balaban J connectivity index is 1.42. The van der Waals surface area contributed by atoms with E-state index in [4.69, 9.17) is 4.98 Å². The molecule has 28 heavy (non-hydrogen) atoms. The number of carbonyl (C=O) groups excluding carboxylic acids is 1. The number of imidazole rings is 1. The lowest BCUT2D eigenvalue weighted by molar-refractivity contribution is 0.0990. The molecule has 2 aliphatic heterocycles. The summed E-state index contributed by atoms with van der Waals surface area (Å²) in [6.45, 7) is 3.45. The van der Waals surface area contributed by atoms with Crippen LogP contribution in [0.5, 0.6) is 0 Å². The minimum absolute atomic E-state index is 0.0597. The van der Waals surface area contributed by atoms with E-state index in [0.29, 0.717) is 37.6 Å². The van der Waals surface area contributed by atoms with Crippen molar-refractivity contribution >= 4 is 28.1 Å². The maximum atomic E-state index is 13.4. The van der Waals surface area contributed by atoms with Crippen LogP contribution < -0.4 is 9.80 Å². The Morgan fingerprint density at radius 2 is 2.11 bits per heavy atom. The number of pyridine rings is 1. The molecule has 9 heteroatoms. The number of fused-ring (bicyclic) bond motifs is 1. The number of anilines is 2. The number of halogens is 1. The second kappa shape index (κ2) is 6.37. The normalized spacial score (nSPS) is 19.0. The van der Waals surface area contributed by atoms with Crippen molar-refractivity contribution in [3.05, 3.63) is 40.9 Å². The van der Waals surface area contributed by atoms with Gasteiger partial charge in [0.15, 0.2) is 0 Å². The Bertz CT molecular complexity index is 1060. The molecule has 1 saturated heterocycles. The molecule has 0 aromatic carbocycles. The van der Waals surface area contributed by atoms with E-state index in [0.717, 1.165) is 27.1 Å². The van der Waals surface area contributed by atoms with Gasteiger partial charge in [-0.1, -0.05) is 0 Å². The van der Waals surface area contributed by atoms with Crippen molar-refractivity contribution in [2.45, 2.75) is 26.1 Å². The van der Waals surface area contributed by atoms with E-state index >= 15 is 0 Å². The van der Waals surface area contributed by atoms with Gasteiger partial charge in [0.05, 0.1) is 30.0 Å². The lowest BCUT2D eigenvalue weighted by atomic mass is 10.2. The number of aromatic nitrogens is 4. The lowest BCUT2D eigenvalue weighted by Gasteiger charge is -2.16. The molecule has 2 aliphatic rings. The summed E-state index contributed by atoms with van der Waals surface area (Å²) in [6.07, 6.45) is 3.24. The van der Waals surface area contributed by atoms with Crippen molar-refractivity contribution in [2.75, 3.05) is 22.9 Å². The molecular formula is C19H19FN6OS. The summed E-state index contributed by atoms with van der Waals surface area (Å²) < 4.78 is 15.2. The van der Waals surface area contributed by atoms with Gasteiger partial charge in [0, 0.05) is 25.4 Å².